The molecule has 1 N–H and O–H groups in total. The Morgan fingerprint density at radius 1 is 0.804 bits per heavy atom. The zero-order valence-electron chi connectivity index (χ0n) is 33.2. The molecule has 0 saturated heterocycles. The average Bonchev–Trinajstić information content (AvgIpc) is 3.41. The molecule has 1 heterocycles. The van der Waals surface area contributed by atoms with E-state index >= 15 is 0 Å². The van der Waals surface area contributed by atoms with E-state index in [1.807, 2.05) is 13.0 Å². The normalized spacial score (nSPS) is 18.4. The Balaban J connectivity index is 2.42. The first-order valence-electron chi connectivity index (χ1n) is 19.5. The molecule has 9 heteroatoms. The van der Waals surface area contributed by atoms with E-state index < -0.39 is 31.4 Å². The van der Waals surface area contributed by atoms with Gasteiger partial charge in [-0.25, -0.2) is 4.79 Å². The van der Waals surface area contributed by atoms with Gasteiger partial charge in [0.05, 0.1) is 50.1 Å². The maximum Gasteiger partial charge on any atom is 0.334 e. The summed E-state index contributed by atoms with van der Waals surface area (Å²) < 4.78 is 70.3. The molecule has 0 aromatic rings. The molecule has 0 bridgehead atoms. The number of methoxy groups -OCH3 is 2. The third-order valence-electron chi connectivity index (χ3n) is 7.71. The van der Waals surface area contributed by atoms with Crippen LogP contribution in [0.25, 0.3) is 0 Å². The fourth-order valence-corrected chi connectivity index (χ4v) is 5.06. The van der Waals surface area contributed by atoms with Crippen LogP contribution in [0.15, 0.2) is 11.6 Å². The van der Waals surface area contributed by atoms with Gasteiger partial charge in [0.25, 0.3) is 0 Å². The van der Waals surface area contributed by atoms with Gasteiger partial charge in [0.15, 0.2) is 0 Å². The Morgan fingerprint density at radius 3 is 1.96 bits per heavy atom. The molecule has 0 saturated carbocycles. The van der Waals surface area contributed by atoms with Crippen LogP contribution in [0.5, 0.6) is 0 Å². The van der Waals surface area contributed by atoms with Gasteiger partial charge in [0, 0.05) is 32.6 Å². The molecule has 1 unspecified atom stereocenters. The maximum absolute atomic E-state index is 11.7. The molecule has 1 aliphatic rings. The van der Waals surface area contributed by atoms with E-state index in [2.05, 4.69) is 18.8 Å². The SMILES string of the molecule is [2H]C([2H])(OC[C@H](CC#CCC(O)CCCCCCCC1=C[C@H](C)OC1=O)OCOC)C([2H])([2H])OC[C@H](CCCCCCCCCC)OCOC. The third-order valence-corrected chi connectivity index (χ3v) is 7.71. The number of esters is 1. The monoisotopic (exact) mass is 658 g/mol. The molecule has 1 rings (SSSR count). The first-order chi connectivity index (χ1) is 24.0. The number of aliphatic hydroxyl groups is 1. The van der Waals surface area contributed by atoms with Gasteiger partial charge in [-0.3, -0.25) is 0 Å². The van der Waals surface area contributed by atoms with Crippen LogP contribution in [0.2, 0.25) is 0 Å². The second-order valence-electron chi connectivity index (χ2n) is 12.0. The number of carbonyl (C=O) groups excluding carboxylic acids is 1. The molecule has 0 radical (unpaired) electrons. The van der Waals surface area contributed by atoms with Crippen molar-refractivity contribution in [2.75, 3.05) is 54.1 Å². The Labute approximate surface area is 286 Å². The minimum absolute atomic E-state index is 0.0357. The fourth-order valence-electron chi connectivity index (χ4n) is 5.06. The van der Waals surface area contributed by atoms with Crippen molar-refractivity contribution in [3.8, 4) is 11.8 Å². The number of hydrogen-bond acceptors (Lipinski definition) is 9. The second kappa shape index (κ2) is 30.8. The Kier molecular flexibility index (Phi) is 24.0. The van der Waals surface area contributed by atoms with E-state index in [0.717, 1.165) is 63.4 Å². The summed E-state index contributed by atoms with van der Waals surface area (Å²) in [6, 6.07) is 0. The maximum atomic E-state index is 11.7. The summed E-state index contributed by atoms with van der Waals surface area (Å²) in [7, 11) is 2.98. The number of hydrogen-bond donors (Lipinski definition) is 1. The van der Waals surface area contributed by atoms with Crippen LogP contribution in [-0.2, 0) is 38.0 Å². The highest BCUT2D eigenvalue weighted by Crippen LogP contribution is 2.20. The molecule has 1 aliphatic heterocycles. The van der Waals surface area contributed by atoms with Crippen LogP contribution in [-0.4, -0.2) is 89.6 Å². The van der Waals surface area contributed by atoms with Crippen molar-refractivity contribution in [2.45, 2.75) is 154 Å². The number of aliphatic hydroxyl groups excluding tert-OH is 1. The molecule has 9 nitrogen and oxygen atoms in total. The Morgan fingerprint density at radius 2 is 1.35 bits per heavy atom. The number of ether oxygens (including phenoxy) is 7. The predicted octanol–water partition coefficient (Wildman–Crippen LogP) is 7.28. The highest BCUT2D eigenvalue weighted by molar-refractivity contribution is 5.90. The van der Waals surface area contributed by atoms with Crippen LogP contribution in [0.1, 0.15) is 135 Å². The van der Waals surface area contributed by atoms with E-state index in [4.69, 9.17) is 38.6 Å². The molecular weight excluding hydrogens is 588 g/mol. The highest BCUT2D eigenvalue weighted by Gasteiger charge is 2.21. The van der Waals surface area contributed by atoms with Gasteiger partial charge in [-0.15, -0.1) is 11.8 Å². The summed E-state index contributed by atoms with van der Waals surface area (Å²) in [5.74, 6) is 5.73. The van der Waals surface area contributed by atoms with Gasteiger partial charge in [0.1, 0.15) is 19.7 Å². The standard InChI is InChI=1S/C37H66O9/c1-5-6-7-8-9-10-14-17-23-35(44-30-40-3)28-42-25-26-43-29-36(45-31-41-4)24-19-18-22-34(38)21-16-13-11-12-15-20-33-27-32(2)46-37(33)39/h27,32,34-36,38H,5-17,20-26,28-31H2,1-4H3/t32-,34?,35-,36-/m0/s1/i25D2,26D2. The summed E-state index contributed by atoms with van der Waals surface area (Å²) in [4.78, 5) is 11.7. The Bertz CT molecular complexity index is 970. The van der Waals surface area contributed by atoms with Crippen LogP contribution in [0.3, 0.4) is 0 Å². The van der Waals surface area contributed by atoms with E-state index in [9.17, 15) is 9.90 Å². The number of unbranched alkanes of at least 4 members (excludes halogenated alkanes) is 11. The number of carbonyl (C=O) groups is 1. The quantitative estimate of drug-likeness (QED) is 0.0346. The van der Waals surface area contributed by atoms with E-state index in [0.29, 0.717) is 19.3 Å². The molecule has 4 atom stereocenters. The lowest BCUT2D eigenvalue weighted by Gasteiger charge is -2.18. The minimum atomic E-state index is -2.78. The highest BCUT2D eigenvalue weighted by atomic mass is 16.7. The average molecular weight is 659 g/mol. The van der Waals surface area contributed by atoms with Crippen molar-refractivity contribution in [3.05, 3.63) is 11.6 Å². The summed E-state index contributed by atoms with van der Waals surface area (Å²) in [6.45, 7) is -1.94. The van der Waals surface area contributed by atoms with Crippen molar-refractivity contribution >= 4 is 5.97 Å². The molecular formula is C37H66O9. The van der Waals surface area contributed by atoms with Gasteiger partial charge in [0.2, 0.25) is 0 Å². The molecule has 46 heavy (non-hydrogen) atoms. The lowest BCUT2D eigenvalue weighted by Crippen LogP contribution is -2.24. The lowest BCUT2D eigenvalue weighted by atomic mass is 10.0. The van der Waals surface area contributed by atoms with E-state index in [-0.39, 0.29) is 45.3 Å². The van der Waals surface area contributed by atoms with Crippen LogP contribution >= 0.6 is 0 Å². The van der Waals surface area contributed by atoms with Crippen molar-refractivity contribution in [2.24, 2.45) is 0 Å². The lowest BCUT2D eigenvalue weighted by molar-refractivity contribution is -0.139. The molecule has 0 amide bonds. The summed E-state index contributed by atoms with van der Waals surface area (Å²) in [6.07, 6.45) is 16.8. The van der Waals surface area contributed by atoms with E-state index in [1.54, 1.807) is 0 Å². The first kappa shape index (κ1) is 35.8. The first-order valence-corrected chi connectivity index (χ1v) is 17.5. The second-order valence-corrected chi connectivity index (χ2v) is 12.0. The Hall–Kier alpha value is -1.51. The summed E-state index contributed by atoms with van der Waals surface area (Å²) in [5, 5.41) is 10.3. The molecule has 0 aromatic carbocycles. The van der Waals surface area contributed by atoms with Gasteiger partial charge in [-0.05, 0) is 38.7 Å². The minimum Gasteiger partial charge on any atom is -0.455 e. The third kappa shape index (κ3) is 24.6. The van der Waals surface area contributed by atoms with Crippen LogP contribution < -0.4 is 0 Å². The summed E-state index contributed by atoms with van der Waals surface area (Å²) >= 11 is 0. The molecule has 0 spiro atoms. The summed E-state index contributed by atoms with van der Waals surface area (Å²) in [5.41, 5.74) is 0.777. The van der Waals surface area contributed by atoms with Crippen molar-refractivity contribution in [3.63, 3.8) is 0 Å². The largest absolute Gasteiger partial charge is 0.455 e. The van der Waals surface area contributed by atoms with Gasteiger partial charge in [-0.1, -0.05) is 84.0 Å². The predicted molar refractivity (Wildman–Crippen MR) is 181 cm³/mol. The van der Waals surface area contributed by atoms with Crippen LogP contribution in [0, 0.1) is 11.8 Å². The number of cyclic esters (lactones) is 1. The fraction of sp³-hybridized carbons (Fsp3) is 0.865. The van der Waals surface area contributed by atoms with Gasteiger partial charge in [-0.2, -0.15) is 0 Å². The smallest absolute Gasteiger partial charge is 0.334 e. The van der Waals surface area contributed by atoms with Crippen molar-refractivity contribution in [1.29, 1.82) is 0 Å². The number of rotatable bonds is 32. The molecule has 0 fully saturated rings. The zero-order chi connectivity index (χ0) is 37.1. The van der Waals surface area contributed by atoms with Gasteiger partial charge < -0.3 is 38.3 Å². The van der Waals surface area contributed by atoms with Crippen LogP contribution in [0.4, 0.5) is 0 Å². The molecule has 268 valence electrons. The topological polar surface area (TPSA) is 102 Å². The molecule has 0 aromatic heterocycles. The van der Waals surface area contributed by atoms with Crippen molar-refractivity contribution < 1.29 is 48.5 Å². The molecule has 0 aliphatic carbocycles. The van der Waals surface area contributed by atoms with E-state index in [1.165, 1.54) is 46.3 Å². The van der Waals surface area contributed by atoms with Gasteiger partial charge >= 0.3 is 5.97 Å². The zero-order valence-corrected chi connectivity index (χ0v) is 29.2. The van der Waals surface area contributed by atoms with Crippen molar-refractivity contribution in [1.82, 2.24) is 0 Å².